The molecule has 0 unspecified atom stereocenters. The molecule has 3 aromatic rings. The largest absolute Gasteiger partial charge is 0.320 e. The lowest BCUT2D eigenvalue weighted by Gasteiger charge is -2.08. The number of anilines is 1. The highest BCUT2D eigenvalue weighted by Gasteiger charge is 2.11. The first-order valence-electron chi connectivity index (χ1n) is 6.56. The summed E-state index contributed by atoms with van der Waals surface area (Å²) in [6, 6.07) is 13.4. The Morgan fingerprint density at radius 1 is 1.10 bits per heavy atom. The van der Waals surface area contributed by atoms with Crippen molar-refractivity contribution < 1.29 is 9.18 Å². The first-order valence-corrected chi connectivity index (χ1v) is 6.56. The number of hydrogen-bond donors (Lipinski definition) is 1. The van der Waals surface area contributed by atoms with E-state index in [-0.39, 0.29) is 11.7 Å². The summed E-state index contributed by atoms with van der Waals surface area (Å²) < 4.78 is 13.7. The number of aromatic nitrogens is 1. The number of nitrogens with zero attached hydrogens (tertiary/aromatic N) is 1. The monoisotopic (exact) mass is 280 g/mol. The van der Waals surface area contributed by atoms with Gasteiger partial charge in [-0.3, -0.25) is 9.78 Å². The van der Waals surface area contributed by atoms with E-state index >= 15 is 0 Å². The molecule has 0 saturated carbocycles. The minimum atomic E-state index is -0.355. The summed E-state index contributed by atoms with van der Waals surface area (Å²) in [5.41, 5.74) is 2.57. The number of amides is 1. The van der Waals surface area contributed by atoms with E-state index in [4.69, 9.17) is 0 Å². The lowest BCUT2D eigenvalue weighted by Crippen LogP contribution is -2.12. The van der Waals surface area contributed by atoms with Crippen LogP contribution in [-0.4, -0.2) is 10.9 Å². The van der Waals surface area contributed by atoms with Crippen LogP contribution >= 0.6 is 0 Å². The highest BCUT2D eigenvalue weighted by atomic mass is 19.1. The van der Waals surface area contributed by atoms with Gasteiger partial charge in [0.2, 0.25) is 0 Å². The predicted octanol–water partition coefficient (Wildman–Crippen LogP) is 3.93. The van der Waals surface area contributed by atoms with Crippen LogP contribution in [0.25, 0.3) is 10.9 Å². The molecule has 1 amide bonds. The molecule has 0 saturated heterocycles. The van der Waals surface area contributed by atoms with Crippen LogP contribution in [0.2, 0.25) is 0 Å². The molecule has 3 nitrogen and oxygen atoms in total. The van der Waals surface area contributed by atoms with Crippen LogP contribution in [0, 0.1) is 12.7 Å². The number of halogens is 1. The van der Waals surface area contributed by atoms with Crippen LogP contribution in [0.4, 0.5) is 10.1 Å². The molecule has 104 valence electrons. The summed E-state index contributed by atoms with van der Waals surface area (Å²) in [6.45, 7) is 1.96. The van der Waals surface area contributed by atoms with Gasteiger partial charge in [0.15, 0.2) is 0 Å². The fourth-order valence-corrected chi connectivity index (χ4v) is 2.14. The molecule has 0 bridgehead atoms. The Kier molecular flexibility index (Phi) is 3.36. The van der Waals surface area contributed by atoms with Gasteiger partial charge in [0.05, 0.1) is 11.2 Å². The van der Waals surface area contributed by atoms with Crippen LogP contribution in [0.5, 0.6) is 0 Å². The zero-order valence-electron chi connectivity index (χ0n) is 11.4. The number of aryl methyl sites for hydroxylation is 1. The number of pyridine rings is 1. The number of fused-ring (bicyclic) bond motifs is 1. The second-order valence-corrected chi connectivity index (χ2v) is 4.81. The van der Waals surface area contributed by atoms with Gasteiger partial charge in [0.1, 0.15) is 5.82 Å². The SMILES string of the molecule is Cc1ccc(C(=O)Nc2ccc(F)c3cccnc23)cc1. The van der Waals surface area contributed by atoms with Crippen molar-refractivity contribution in [1.29, 1.82) is 0 Å². The zero-order valence-corrected chi connectivity index (χ0v) is 11.4. The molecular formula is C17H13FN2O. The van der Waals surface area contributed by atoms with Gasteiger partial charge in [-0.1, -0.05) is 17.7 Å². The molecule has 2 aromatic carbocycles. The molecule has 0 fully saturated rings. The zero-order chi connectivity index (χ0) is 14.8. The highest BCUT2D eigenvalue weighted by molar-refractivity contribution is 6.08. The van der Waals surface area contributed by atoms with Crippen molar-refractivity contribution in [3.05, 3.63) is 71.7 Å². The van der Waals surface area contributed by atoms with E-state index in [1.807, 2.05) is 19.1 Å². The van der Waals surface area contributed by atoms with Crippen LogP contribution in [-0.2, 0) is 0 Å². The van der Waals surface area contributed by atoms with Gasteiger partial charge in [-0.05, 0) is 43.3 Å². The summed E-state index contributed by atoms with van der Waals surface area (Å²) in [7, 11) is 0. The Morgan fingerprint density at radius 2 is 1.86 bits per heavy atom. The summed E-state index contributed by atoms with van der Waals surface area (Å²) in [5.74, 6) is -0.597. The van der Waals surface area contributed by atoms with E-state index in [1.165, 1.54) is 12.1 Å². The average molecular weight is 280 g/mol. The standard InChI is InChI=1S/C17H13FN2O/c1-11-4-6-12(7-5-11)17(21)20-15-9-8-14(18)13-3-2-10-19-16(13)15/h2-10H,1H3,(H,20,21). The van der Waals surface area contributed by atoms with Gasteiger partial charge >= 0.3 is 0 Å². The first kappa shape index (κ1) is 13.2. The molecular weight excluding hydrogens is 267 g/mol. The second-order valence-electron chi connectivity index (χ2n) is 4.81. The molecule has 1 aromatic heterocycles. The smallest absolute Gasteiger partial charge is 0.255 e. The maximum atomic E-state index is 13.7. The van der Waals surface area contributed by atoms with Crippen molar-refractivity contribution in [2.24, 2.45) is 0 Å². The van der Waals surface area contributed by atoms with Crippen LogP contribution in [0.1, 0.15) is 15.9 Å². The van der Waals surface area contributed by atoms with E-state index in [2.05, 4.69) is 10.3 Å². The van der Waals surface area contributed by atoms with E-state index in [0.717, 1.165) is 5.56 Å². The van der Waals surface area contributed by atoms with Crippen LogP contribution in [0.15, 0.2) is 54.7 Å². The number of carbonyl (C=O) groups is 1. The second kappa shape index (κ2) is 5.32. The van der Waals surface area contributed by atoms with Gasteiger partial charge in [-0.2, -0.15) is 0 Å². The van der Waals surface area contributed by atoms with E-state index in [1.54, 1.807) is 30.5 Å². The van der Waals surface area contributed by atoms with Gasteiger partial charge in [-0.25, -0.2) is 4.39 Å². The van der Waals surface area contributed by atoms with E-state index in [0.29, 0.717) is 22.2 Å². The molecule has 0 spiro atoms. The molecule has 3 rings (SSSR count). The summed E-state index contributed by atoms with van der Waals surface area (Å²) >= 11 is 0. The molecule has 0 atom stereocenters. The molecule has 4 heteroatoms. The van der Waals surface area contributed by atoms with Gasteiger partial charge < -0.3 is 5.32 Å². The molecule has 1 N–H and O–H groups in total. The Hall–Kier alpha value is -2.75. The van der Waals surface area contributed by atoms with Crippen molar-refractivity contribution in [3.8, 4) is 0 Å². The summed E-state index contributed by atoms with van der Waals surface area (Å²) in [4.78, 5) is 16.4. The number of carbonyl (C=O) groups excluding carboxylic acids is 1. The van der Waals surface area contributed by atoms with Crippen molar-refractivity contribution in [2.45, 2.75) is 6.92 Å². The normalized spacial score (nSPS) is 10.6. The van der Waals surface area contributed by atoms with Gasteiger partial charge in [0.25, 0.3) is 5.91 Å². The third kappa shape index (κ3) is 2.60. The van der Waals surface area contributed by atoms with Crippen LogP contribution in [0.3, 0.4) is 0 Å². The van der Waals surface area contributed by atoms with Gasteiger partial charge in [0, 0.05) is 17.1 Å². The topological polar surface area (TPSA) is 42.0 Å². The van der Waals surface area contributed by atoms with Gasteiger partial charge in [-0.15, -0.1) is 0 Å². The molecule has 0 aliphatic heterocycles. The minimum Gasteiger partial charge on any atom is -0.320 e. The lowest BCUT2D eigenvalue weighted by atomic mass is 10.1. The van der Waals surface area contributed by atoms with E-state index in [9.17, 15) is 9.18 Å². The molecule has 0 aliphatic carbocycles. The average Bonchev–Trinajstić information content (AvgIpc) is 2.51. The van der Waals surface area contributed by atoms with Crippen molar-refractivity contribution in [3.63, 3.8) is 0 Å². The third-order valence-corrected chi connectivity index (χ3v) is 3.28. The Morgan fingerprint density at radius 3 is 2.62 bits per heavy atom. The fourth-order valence-electron chi connectivity index (χ4n) is 2.14. The molecule has 0 aliphatic rings. The Balaban J connectivity index is 1.97. The van der Waals surface area contributed by atoms with Crippen molar-refractivity contribution in [2.75, 3.05) is 5.32 Å². The first-order chi connectivity index (χ1) is 10.1. The summed E-state index contributed by atoms with van der Waals surface area (Å²) in [6.07, 6.45) is 1.57. The maximum Gasteiger partial charge on any atom is 0.255 e. The van der Waals surface area contributed by atoms with Crippen molar-refractivity contribution in [1.82, 2.24) is 4.98 Å². The Bertz CT molecular complexity index is 813. The lowest BCUT2D eigenvalue weighted by molar-refractivity contribution is 0.102. The fraction of sp³-hybridized carbons (Fsp3) is 0.0588. The molecule has 21 heavy (non-hydrogen) atoms. The molecule has 1 heterocycles. The number of hydrogen-bond acceptors (Lipinski definition) is 2. The quantitative estimate of drug-likeness (QED) is 0.772. The highest BCUT2D eigenvalue weighted by Crippen LogP contribution is 2.24. The molecule has 0 radical (unpaired) electrons. The van der Waals surface area contributed by atoms with Crippen molar-refractivity contribution >= 4 is 22.5 Å². The maximum absolute atomic E-state index is 13.7. The minimum absolute atomic E-state index is 0.242. The number of benzene rings is 2. The van der Waals surface area contributed by atoms with E-state index < -0.39 is 0 Å². The summed E-state index contributed by atoms with van der Waals surface area (Å²) in [5, 5.41) is 3.17. The Labute approximate surface area is 121 Å². The van der Waals surface area contributed by atoms with Crippen LogP contribution < -0.4 is 5.32 Å². The number of nitrogens with one attached hydrogen (secondary N) is 1. The predicted molar refractivity (Wildman–Crippen MR) is 80.8 cm³/mol. The third-order valence-electron chi connectivity index (χ3n) is 3.28. The number of rotatable bonds is 2.